The first-order chi connectivity index (χ1) is 14.9. The average Bonchev–Trinajstić information content (AvgIpc) is 2.77. The van der Waals surface area contributed by atoms with Crippen molar-refractivity contribution in [2.75, 3.05) is 7.11 Å². The Bertz CT molecular complexity index is 1240. The number of hydrogen-bond acceptors (Lipinski definition) is 5. The first kappa shape index (κ1) is 22.4. The van der Waals surface area contributed by atoms with Crippen LogP contribution in [0.1, 0.15) is 22.3 Å². The summed E-state index contributed by atoms with van der Waals surface area (Å²) in [6.45, 7) is 1.78. The Balaban J connectivity index is 2.00. The van der Waals surface area contributed by atoms with Gasteiger partial charge in [-0.15, -0.1) is 0 Å². The predicted molar refractivity (Wildman–Crippen MR) is 122 cm³/mol. The quantitative estimate of drug-likeness (QED) is 0.527. The summed E-state index contributed by atoms with van der Waals surface area (Å²) in [6.07, 6.45) is 1.86. The van der Waals surface area contributed by atoms with Gasteiger partial charge in [0.25, 0.3) is 5.56 Å². The third-order valence-electron chi connectivity index (χ3n) is 4.89. The molecule has 0 aliphatic carbocycles. The highest BCUT2D eigenvalue weighted by Gasteiger charge is 2.18. The number of ether oxygens (including phenoxy) is 1. The van der Waals surface area contributed by atoms with E-state index in [-0.39, 0.29) is 28.6 Å². The summed E-state index contributed by atoms with van der Waals surface area (Å²) in [4.78, 5) is 17.1. The molecule has 3 rings (SSSR count). The maximum absolute atomic E-state index is 12.8. The highest BCUT2D eigenvalue weighted by molar-refractivity contribution is 6.43. The van der Waals surface area contributed by atoms with Crippen LogP contribution in [0.4, 0.5) is 5.69 Å². The molecular weight excluding hydrogens is 437 g/mol. The summed E-state index contributed by atoms with van der Waals surface area (Å²) in [5, 5.41) is 20.9. The Kier molecular flexibility index (Phi) is 7.01. The molecule has 0 saturated heterocycles. The molecule has 0 fully saturated rings. The molecule has 0 spiro atoms. The molecule has 3 aromatic rings. The zero-order valence-corrected chi connectivity index (χ0v) is 18.4. The van der Waals surface area contributed by atoms with Gasteiger partial charge in [0.05, 0.1) is 28.4 Å². The van der Waals surface area contributed by atoms with Gasteiger partial charge < -0.3 is 9.84 Å². The lowest BCUT2D eigenvalue weighted by Gasteiger charge is -2.14. The van der Waals surface area contributed by atoms with E-state index in [1.807, 2.05) is 30.3 Å². The molecule has 1 aromatic heterocycles. The molecule has 0 radical (unpaired) electrons. The molecule has 1 N–H and O–H groups in total. The van der Waals surface area contributed by atoms with Crippen LogP contribution in [-0.2, 0) is 13.0 Å². The smallest absolute Gasteiger partial charge is 0.271 e. The molecule has 31 heavy (non-hydrogen) atoms. The fourth-order valence-electron chi connectivity index (χ4n) is 3.09. The van der Waals surface area contributed by atoms with E-state index in [0.717, 1.165) is 11.3 Å². The molecule has 6 nitrogen and oxygen atoms in total. The van der Waals surface area contributed by atoms with Crippen molar-refractivity contribution in [1.29, 1.82) is 5.26 Å². The highest BCUT2D eigenvalue weighted by Crippen LogP contribution is 2.32. The van der Waals surface area contributed by atoms with E-state index in [0.29, 0.717) is 22.7 Å². The molecule has 8 heteroatoms. The van der Waals surface area contributed by atoms with E-state index >= 15 is 0 Å². The number of methoxy groups -OCH3 is 1. The summed E-state index contributed by atoms with van der Waals surface area (Å²) < 4.78 is 6.32. The number of nitriles is 1. The third kappa shape index (κ3) is 4.74. The van der Waals surface area contributed by atoms with Crippen molar-refractivity contribution >= 4 is 35.1 Å². The lowest BCUT2D eigenvalue weighted by Crippen LogP contribution is -2.26. The zero-order valence-electron chi connectivity index (χ0n) is 16.9. The SMILES string of the molecule is COc1ccc(CCn2c(O)c(C=Nc3cccc(Cl)c3Cl)c(C)c(C#N)c2=O)cc1. The van der Waals surface area contributed by atoms with E-state index in [1.165, 1.54) is 10.8 Å². The molecular formula is C23H19Cl2N3O3. The Morgan fingerprint density at radius 3 is 2.58 bits per heavy atom. The molecule has 0 aliphatic rings. The zero-order chi connectivity index (χ0) is 22.5. The summed E-state index contributed by atoms with van der Waals surface area (Å²) in [5.41, 5.74) is 1.36. The lowest BCUT2D eigenvalue weighted by atomic mass is 10.1. The molecule has 0 unspecified atom stereocenters. The van der Waals surface area contributed by atoms with E-state index in [4.69, 9.17) is 27.9 Å². The number of hydrogen-bond donors (Lipinski definition) is 1. The summed E-state index contributed by atoms with van der Waals surface area (Å²) >= 11 is 12.2. The molecule has 0 saturated carbocycles. The van der Waals surface area contributed by atoms with Crippen LogP contribution < -0.4 is 10.3 Å². The molecule has 0 bridgehead atoms. The van der Waals surface area contributed by atoms with Gasteiger partial charge in [-0.2, -0.15) is 5.26 Å². The molecule has 1 heterocycles. The molecule has 0 aliphatic heterocycles. The van der Waals surface area contributed by atoms with Crippen molar-refractivity contribution < 1.29 is 9.84 Å². The maximum atomic E-state index is 12.8. The van der Waals surface area contributed by atoms with Crippen molar-refractivity contribution in [2.45, 2.75) is 19.9 Å². The van der Waals surface area contributed by atoms with Crippen molar-refractivity contribution in [1.82, 2.24) is 4.57 Å². The number of aromatic nitrogens is 1. The van der Waals surface area contributed by atoms with Crippen molar-refractivity contribution in [3.8, 4) is 17.7 Å². The number of aliphatic imine (C=N–C) groups is 1. The fraction of sp³-hybridized carbons (Fsp3) is 0.174. The summed E-state index contributed by atoms with van der Waals surface area (Å²) in [5.74, 6) is 0.459. The monoisotopic (exact) mass is 455 g/mol. The second kappa shape index (κ2) is 9.69. The minimum atomic E-state index is -0.552. The number of benzene rings is 2. The van der Waals surface area contributed by atoms with E-state index in [2.05, 4.69) is 4.99 Å². The summed E-state index contributed by atoms with van der Waals surface area (Å²) in [6, 6.07) is 14.3. The Labute approximate surface area is 189 Å². The van der Waals surface area contributed by atoms with Gasteiger partial charge in [0.15, 0.2) is 0 Å². The van der Waals surface area contributed by atoms with Crippen molar-refractivity contribution in [3.05, 3.63) is 85.1 Å². The van der Waals surface area contributed by atoms with E-state index in [1.54, 1.807) is 32.2 Å². The average molecular weight is 456 g/mol. The van der Waals surface area contributed by atoms with Gasteiger partial charge in [-0.3, -0.25) is 14.4 Å². The van der Waals surface area contributed by atoms with Gasteiger partial charge in [-0.1, -0.05) is 41.4 Å². The number of pyridine rings is 1. The predicted octanol–water partition coefficient (Wildman–Crippen LogP) is 5.04. The highest BCUT2D eigenvalue weighted by atomic mass is 35.5. The molecule has 0 atom stereocenters. The number of aromatic hydroxyl groups is 1. The van der Waals surface area contributed by atoms with Gasteiger partial charge in [-0.05, 0) is 48.7 Å². The molecule has 158 valence electrons. The Morgan fingerprint density at radius 1 is 1.23 bits per heavy atom. The third-order valence-corrected chi connectivity index (χ3v) is 5.70. The number of rotatable bonds is 6. The van der Waals surface area contributed by atoms with Gasteiger partial charge in [0.2, 0.25) is 5.88 Å². The van der Waals surface area contributed by atoms with Crippen LogP contribution in [0.3, 0.4) is 0 Å². The van der Waals surface area contributed by atoms with Crippen molar-refractivity contribution in [2.24, 2.45) is 4.99 Å². The van der Waals surface area contributed by atoms with Crippen LogP contribution >= 0.6 is 23.2 Å². The van der Waals surface area contributed by atoms with Gasteiger partial charge in [0, 0.05) is 12.8 Å². The maximum Gasteiger partial charge on any atom is 0.271 e. The van der Waals surface area contributed by atoms with Gasteiger partial charge >= 0.3 is 0 Å². The van der Waals surface area contributed by atoms with Gasteiger partial charge in [-0.25, -0.2) is 0 Å². The number of halogens is 2. The van der Waals surface area contributed by atoms with E-state index < -0.39 is 5.56 Å². The second-order valence-corrected chi connectivity index (χ2v) is 7.52. The molecule has 2 aromatic carbocycles. The van der Waals surface area contributed by atoms with Crippen LogP contribution in [-0.4, -0.2) is 23.0 Å². The van der Waals surface area contributed by atoms with Gasteiger partial charge in [0.1, 0.15) is 17.4 Å². The van der Waals surface area contributed by atoms with Crippen LogP contribution in [0, 0.1) is 18.3 Å². The topological polar surface area (TPSA) is 87.6 Å². The fourth-order valence-corrected chi connectivity index (χ4v) is 3.44. The van der Waals surface area contributed by atoms with Crippen molar-refractivity contribution in [3.63, 3.8) is 0 Å². The minimum Gasteiger partial charge on any atom is -0.497 e. The van der Waals surface area contributed by atoms with Crippen LogP contribution in [0.25, 0.3) is 0 Å². The Morgan fingerprint density at radius 2 is 1.94 bits per heavy atom. The number of aryl methyl sites for hydroxylation is 1. The van der Waals surface area contributed by atoms with Crippen LogP contribution in [0.15, 0.2) is 52.3 Å². The van der Waals surface area contributed by atoms with Crippen LogP contribution in [0.5, 0.6) is 11.6 Å². The summed E-state index contributed by atoms with van der Waals surface area (Å²) in [7, 11) is 1.59. The minimum absolute atomic E-state index is 0.0498. The normalized spacial score (nSPS) is 10.9. The van der Waals surface area contributed by atoms with E-state index in [9.17, 15) is 15.2 Å². The standard InChI is InChI=1S/C23H19Cl2N3O3/c1-14-17(12-26)22(29)28(11-10-15-6-8-16(31-2)9-7-15)23(30)18(14)13-27-20-5-3-4-19(24)21(20)25/h3-9,13,30H,10-11H2,1-2H3. The lowest BCUT2D eigenvalue weighted by molar-refractivity contribution is 0.404. The number of nitrogens with zero attached hydrogens (tertiary/aromatic N) is 3. The second-order valence-electron chi connectivity index (χ2n) is 6.74. The largest absolute Gasteiger partial charge is 0.497 e. The Hall–Kier alpha value is -3.27. The first-order valence-corrected chi connectivity index (χ1v) is 10.1. The molecule has 0 amide bonds. The van der Waals surface area contributed by atoms with Crippen LogP contribution in [0.2, 0.25) is 10.0 Å². The first-order valence-electron chi connectivity index (χ1n) is 9.34.